The van der Waals surface area contributed by atoms with Crippen LogP contribution in [0.25, 0.3) is 0 Å². The number of nitrogens with zero attached hydrogens (tertiary/aromatic N) is 2. The van der Waals surface area contributed by atoms with Crippen LogP contribution in [0.15, 0.2) is 18.3 Å². The minimum absolute atomic E-state index is 0.0177. The molecular formula is C14H23N3O2. The molecule has 1 amide bonds. The van der Waals surface area contributed by atoms with Gasteiger partial charge in [-0.2, -0.15) is 0 Å². The number of rotatable bonds is 8. The molecule has 0 saturated carbocycles. The molecule has 0 aliphatic rings. The Morgan fingerprint density at radius 3 is 2.63 bits per heavy atom. The topological polar surface area (TPSA) is 54.5 Å². The fourth-order valence-electron chi connectivity index (χ4n) is 1.75. The first kappa shape index (κ1) is 15.4. The van der Waals surface area contributed by atoms with Crippen LogP contribution in [0.3, 0.4) is 0 Å². The minimum Gasteiger partial charge on any atom is -0.385 e. The average molecular weight is 265 g/mol. The van der Waals surface area contributed by atoms with Gasteiger partial charge in [0.05, 0.1) is 11.9 Å². The van der Waals surface area contributed by atoms with Crippen LogP contribution in [0.2, 0.25) is 0 Å². The van der Waals surface area contributed by atoms with E-state index in [0.717, 1.165) is 25.3 Å². The first-order chi connectivity index (χ1) is 9.22. The molecule has 0 spiro atoms. The summed E-state index contributed by atoms with van der Waals surface area (Å²) < 4.78 is 4.98. The molecule has 0 unspecified atom stereocenters. The SMILES string of the molecule is CCN(CC)C(=O)c1ccc(NCCCOC)cn1. The molecule has 0 bridgehead atoms. The van der Waals surface area contributed by atoms with Crippen molar-refractivity contribution in [3.63, 3.8) is 0 Å². The van der Waals surface area contributed by atoms with Gasteiger partial charge >= 0.3 is 0 Å². The third kappa shape index (κ3) is 4.87. The van der Waals surface area contributed by atoms with Gasteiger partial charge in [0.1, 0.15) is 5.69 Å². The molecule has 1 aromatic heterocycles. The van der Waals surface area contributed by atoms with Gasteiger partial charge in [0, 0.05) is 33.4 Å². The van der Waals surface area contributed by atoms with Crippen LogP contribution in [0, 0.1) is 0 Å². The van der Waals surface area contributed by atoms with E-state index < -0.39 is 0 Å². The predicted molar refractivity (Wildman–Crippen MR) is 76.5 cm³/mol. The summed E-state index contributed by atoms with van der Waals surface area (Å²) in [6.45, 7) is 6.90. The van der Waals surface area contributed by atoms with Gasteiger partial charge in [-0.15, -0.1) is 0 Å². The number of anilines is 1. The highest BCUT2D eigenvalue weighted by atomic mass is 16.5. The van der Waals surface area contributed by atoms with E-state index in [2.05, 4.69) is 10.3 Å². The zero-order chi connectivity index (χ0) is 14.1. The number of hydrogen-bond donors (Lipinski definition) is 1. The van der Waals surface area contributed by atoms with Gasteiger partial charge in [-0.25, -0.2) is 4.98 Å². The number of amides is 1. The molecule has 0 fully saturated rings. The molecule has 19 heavy (non-hydrogen) atoms. The van der Waals surface area contributed by atoms with Crippen molar-refractivity contribution in [2.75, 3.05) is 38.7 Å². The molecule has 106 valence electrons. The van der Waals surface area contributed by atoms with Gasteiger partial charge < -0.3 is 15.0 Å². The Labute approximate surface area is 115 Å². The van der Waals surface area contributed by atoms with E-state index in [-0.39, 0.29) is 5.91 Å². The average Bonchev–Trinajstić information content (AvgIpc) is 2.45. The Balaban J connectivity index is 2.53. The van der Waals surface area contributed by atoms with Crippen LogP contribution in [-0.4, -0.2) is 49.1 Å². The van der Waals surface area contributed by atoms with E-state index >= 15 is 0 Å². The molecule has 5 heteroatoms. The summed E-state index contributed by atoms with van der Waals surface area (Å²) in [5.74, 6) is -0.0177. The summed E-state index contributed by atoms with van der Waals surface area (Å²) in [5.41, 5.74) is 1.42. The Morgan fingerprint density at radius 2 is 2.11 bits per heavy atom. The first-order valence-electron chi connectivity index (χ1n) is 6.71. The molecule has 0 aromatic carbocycles. The largest absolute Gasteiger partial charge is 0.385 e. The summed E-state index contributed by atoms with van der Waals surface area (Å²) in [4.78, 5) is 18.0. The van der Waals surface area contributed by atoms with Crippen LogP contribution >= 0.6 is 0 Å². The van der Waals surface area contributed by atoms with Crippen molar-refractivity contribution in [2.24, 2.45) is 0 Å². The lowest BCUT2D eigenvalue weighted by atomic mass is 10.3. The number of nitrogens with one attached hydrogen (secondary N) is 1. The quantitative estimate of drug-likeness (QED) is 0.731. The van der Waals surface area contributed by atoms with Crippen LogP contribution in [0.4, 0.5) is 5.69 Å². The zero-order valence-electron chi connectivity index (χ0n) is 12.0. The second kappa shape index (κ2) is 8.48. The van der Waals surface area contributed by atoms with Gasteiger partial charge in [-0.05, 0) is 32.4 Å². The molecule has 1 heterocycles. The molecule has 0 saturated heterocycles. The van der Waals surface area contributed by atoms with Gasteiger partial charge in [0.25, 0.3) is 5.91 Å². The summed E-state index contributed by atoms with van der Waals surface area (Å²) in [6, 6.07) is 3.65. The maximum Gasteiger partial charge on any atom is 0.272 e. The number of pyridine rings is 1. The van der Waals surface area contributed by atoms with Crippen molar-refractivity contribution in [3.05, 3.63) is 24.0 Å². The molecule has 0 aliphatic carbocycles. The summed E-state index contributed by atoms with van der Waals surface area (Å²) in [7, 11) is 1.69. The standard InChI is InChI=1S/C14H23N3O2/c1-4-17(5-2)14(18)13-8-7-12(11-16-13)15-9-6-10-19-3/h7-8,11,15H,4-6,9-10H2,1-3H3. The molecule has 0 radical (unpaired) electrons. The molecule has 0 atom stereocenters. The molecule has 1 N–H and O–H groups in total. The number of ether oxygens (including phenoxy) is 1. The van der Waals surface area contributed by atoms with Crippen molar-refractivity contribution < 1.29 is 9.53 Å². The molecule has 5 nitrogen and oxygen atoms in total. The Hall–Kier alpha value is -1.62. The van der Waals surface area contributed by atoms with E-state index in [0.29, 0.717) is 18.8 Å². The number of carbonyl (C=O) groups excluding carboxylic acids is 1. The van der Waals surface area contributed by atoms with Crippen LogP contribution < -0.4 is 5.32 Å². The third-order valence-electron chi connectivity index (χ3n) is 2.89. The summed E-state index contributed by atoms with van der Waals surface area (Å²) in [5, 5.41) is 3.24. The van der Waals surface area contributed by atoms with Crippen LogP contribution in [-0.2, 0) is 4.74 Å². The fraction of sp³-hybridized carbons (Fsp3) is 0.571. The minimum atomic E-state index is -0.0177. The Morgan fingerprint density at radius 1 is 1.37 bits per heavy atom. The monoisotopic (exact) mass is 265 g/mol. The highest BCUT2D eigenvalue weighted by Gasteiger charge is 2.13. The number of aromatic nitrogens is 1. The Kier molecular flexibility index (Phi) is 6.89. The first-order valence-corrected chi connectivity index (χ1v) is 6.71. The number of carbonyl (C=O) groups is 1. The molecule has 1 rings (SSSR count). The highest BCUT2D eigenvalue weighted by molar-refractivity contribution is 5.92. The normalized spacial score (nSPS) is 10.3. The van der Waals surface area contributed by atoms with E-state index in [9.17, 15) is 4.79 Å². The lowest BCUT2D eigenvalue weighted by molar-refractivity contribution is 0.0767. The van der Waals surface area contributed by atoms with Gasteiger partial charge in [-0.1, -0.05) is 0 Å². The highest BCUT2D eigenvalue weighted by Crippen LogP contribution is 2.08. The van der Waals surface area contributed by atoms with Crippen molar-refractivity contribution in [1.82, 2.24) is 9.88 Å². The summed E-state index contributed by atoms with van der Waals surface area (Å²) in [6.07, 6.45) is 2.64. The van der Waals surface area contributed by atoms with Gasteiger partial charge in [0.15, 0.2) is 0 Å². The second-order valence-corrected chi connectivity index (χ2v) is 4.18. The zero-order valence-corrected chi connectivity index (χ0v) is 12.0. The maximum atomic E-state index is 12.0. The summed E-state index contributed by atoms with van der Waals surface area (Å²) >= 11 is 0. The van der Waals surface area contributed by atoms with Crippen molar-refractivity contribution in [2.45, 2.75) is 20.3 Å². The van der Waals surface area contributed by atoms with E-state index in [1.165, 1.54) is 0 Å². The van der Waals surface area contributed by atoms with Crippen molar-refractivity contribution in [1.29, 1.82) is 0 Å². The van der Waals surface area contributed by atoms with Crippen molar-refractivity contribution >= 4 is 11.6 Å². The number of hydrogen-bond acceptors (Lipinski definition) is 4. The smallest absolute Gasteiger partial charge is 0.272 e. The predicted octanol–water partition coefficient (Wildman–Crippen LogP) is 2.01. The lowest BCUT2D eigenvalue weighted by Gasteiger charge is -2.18. The second-order valence-electron chi connectivity index (χ2n) is 4.18. The van der Waals surface area contributed by atoms with E-state index in [4.69, 9.17) is 4.74 Å². The molecular weight excluding hydrogens is 242 g/mol. The Bertz CT molecular complexity index is 375. The van der Waals surface area contributed by atoms with Crippen LogP contribution in [0.5, 0.6) is 0 Å². The number of methoxy groups -OCH3 is 1. The molecule has 1 aromatic rings. The van der Waals surface area contributed by atoms with Crippen molar-refractivity contribution in [3.8, 4) is 0 Å². The lowest BCUT2D eigenvalue weighted by Crippen LogP contribution is -2.31. The third-order valence-corrected chi connectivity index (χ3v) is 2.89. The maximum absolute atomic E-state index is 12.0. The van der Waals surface area contributed by atoms with Crippen LogP contribution in [0.1, 0.15) is 30.8 Å². The van der Waals surface area contributed by atoms with Gasteiger partial charge in [-0.3, -0.25) is 4.79 Å². The van der Waals surface area contributed by atoms with E-state index in [1.54, 1.807) is 24.3 Å². The van der Waals surface area contributed by atoms with E-state index in [1.807, 2.05) is 19.9 Å². The fourth-order valence-corrected chi connectivity index (χ4v) is 1.75. The molecule has 0 aliphatic heterocycles. The van der Waals surface area contributed by atoms with Gasteiger partial charge in [0.2, 0.25) is 0 Å².